The van der Waals surface area contributed by atoms with E-state index in [0.717, 1.165) is 19.6 Å². The van der Waals surface area contributed by atoms with E-state index >= 15 is 0 Å². The standard InChI is InChI=1S/C11H18GeNO4SSi/c1-19(11-3-2-10-18-11)17-12-14-7-4-13(5-8-15-12)6-9-16-12/h2-3,10H,4-9H2,1H3. The van der Waals surface area contributed by atoms with Crippen LogP contribution < -0.4 is 4.50 Å². The Morgan fingerprint density at radius 1 is 1.21 bits per heavy atom. The molecule has 4 rings (SSSR count). The minimum absolute atomic E-state index is 0.652. The molecule has 8 heteroatoms. The summed E-state index contributed by atoms with van der Waals surface area (Å²) in [6.07, 6.45) is 0. The molecule has 1 aromatic rings. The number of hydrogen-bond donors (Lipinski definition) is 0. The molecule has 3 aliphatic heterocycles. The van der Waals surface area contributed by atoms with Gasteiger partial charge in [-0.25, -0.2) is 0 Å². The van der Waals surface area contributed by atoms with E-state index in [1.54, 1.807) is 11.3 Å². The fourth-order valence-corrected chi connectivity index (χ4v) is 11.9. The Bertz CT molecular complexity index is 381. The number of thiophene rings is 1. The topological polar surface area (TPSA) is 40.2 Å². The van der Waals surface area contributed by atoms with Crippen LogP contribution in [0.15, 0.2) is 17.5 Å². The van der Waals surface area contributed by atoms with Gasteiger partial charge in [0, 0.05) is 0 Å². The molecule has 1 aromatic heterocycles. The van der Waals surface area contributed by atoms with Crippen molar-refractivity contribution in [1.82, 2.24) is 4.90 Å². The van der Waals surface area contributed by atoms with E-state index in [9.17, 15) is 0 Å². The zero-order valence-electron chi connectivity index (χ0n) is 11.0. The molecule has 1 radical (unpaired) electrons. The summed E-state index contributed by atoms with van der Waals surface area (Å²) in [6.45, 7) is 6.95. The molecule has 0 aliphatic carbocycles. The van der Waals surface area contributed by atoms with Crippen molar-refractivity contribution < 1.29 is 14.7 Å². The number of nitrogens with zero attached hydrogens (tertiary/aromatic N) is 1. The molecule has 3 aliphatic rings. The first-order valence-corrected chi connectivity index (χ1v) is 12.7. The predicted octanol–water partition coefficient (Wildman–Crippen LogP) is 0.408. The fraction of sp³-hybridized carbons (Fsp3) is 0.636. The summed E-state index contributed by atoms with van der Waals surface area (Å²) in [6, 6.07) is 4.17. The molecule has 105 valence electrons. The molecule has 3 saturated heterocycles. The molecule has 0 aromatic carbocycles. The molecule has 3 fully saturated rings. The second-order valence-corrected chi connectivity index (χ2v) is 12.9. The summed E-state index contributed by atoms with van der Waals surface area (Å²) >= 11 is -1.76. The van der Waals surface area contributed by atoms with E-state index in [-0.39, 0.29) is 0 Å². The van der Waals surface area contributed by atoms with Gasteiger partial charge in [-0.3, -0.25) is 0 Å². The summed E-state index contributed by atoms with van der Waals surface area (Å²) in [5.41, 5.74) is 0. The van der Waals surface area contributed by atoms with Gasteiger partial charge in [0.1, 0.15) is 0 Å². The van der Waals surface area contributed by atoms with Crippen LogP contribution in [0.4, 0.5) is 0 Å². The fourth-order valence-electron chi connectivity index (χ4n) is 2.16. The average molecular weight is 361 g/mol. The summed E-state index contributed by atoms with van der Waals surface area (Å²) in [5, 5.41) is 2.08. The van der Waals surface area contributed by atoms with Crippen LogP contribution in [0, 0.1) is 0 Å². The Labute approximate surface area is 122 Å². The van der Waals surface area contributed by atoms with Crippen LogP contribution in [0.5, 0.6) is 0 Å². The Morgan fingerprint density at radius 3 is 2.37 bits per heavy atom. The molecule has 5 nitrogen and oxygen atoms in total. The summed E-state index contributed by atoms with van der Waals surface area (Å²) in [5.74, 6) is 0. The van der Waals surface area contributed by atoms with Crippen molar-refractivity contribution in [2.24, 2.45) is 0 Å². The van der Waals surface area contributed by atoms with Crippen molar-refractivity contribution in [3.05, 3.63) is 17.5 Å². The first-order valence-electron chi connectivity index (χ1n) is 6.48. The van der Waals surface area contributed by atoms with Crippen LogP contribution in [0.1, 0.15) is 0 Å². The third kappa shape index (κ3) is 3.48. The molecule has 4 heterocycles. The quantitative estimate of drug-likeness (QED) is 0.730. The normalized spacial score (nSPS) is 32.0. The SMILES string of the molecule is C[Si]([O][Ge]12[O]CCN(CC[O]1)CC[O]2)c1cccs1. The van der Waals surface area contributed by atoms with Crippen molar-refractivity contribution >= 4 is 39.5 Å². The second-order valence-electron chi connectivity index (χ2n) is 4.52. The van der Waals surface area contributed by atoms with Gasteiger partial charge in [-0.05, 0) is 0 Å². The Kier molecular flexibility index (Phi) is 4.75. The monoisotopic (exact) mass is 362 g/mol. The third-order valence-electron chi connectivity index (χ3n) is 3.21. The van der Waals surface area contributed by atoms with E-state index in [2.05, 4.69) is 29.0 Å². The Morgan fingerprint density at radius 2 is 1.84 bits per heavy atom. The molecule has 0 spiro atoms. The molecule has 2 bridgehead atoms. The van der Waals surface area contributed by atoms with Crippen molar-refractivity contribution in [2.75, 3.05) is 39.5 Å². The van der Waals surface area contributed by atoms with Crippen LogP contribution in [0.25, 0.3) is 0 Å². The van der Waals surface area contributed by atoms with E-state index in [1.165, 1.54) is 4.50 Å². The predicted molar refractivity (Wildman–Crippen MR) is 76.7 cm³/mol. The summed E-state index contributed by atoms with van der Waals surface area (Å²) < 4.78 is 25.3. The zero-order valence-corrected chi connectivity index (χ0v) is 14.9. The molecular formula is C11H18GeNO4SSi. The van der Waals surface area contributed by atoms with Gasteiger partial charge < -0.3 is 0 Å². The van der Waals surface area contributed by atoms with Gasteiger partial charge in [-0.2, -0.15) is 0 Å². The van der Waals surface area contributed by atoms with Gasteiger partial charge in [0.15, 0.2) is 0 Å². The molecule has 0 amide bonds. The van der Waals surface area contributed by atoms with Crippen molar-refractivity contribution in [3.8, 4) is 0 Å². The molecular weight excluding hydrogens is 343 g/mol. The van der Waals surface area contributed by atoms with Gasteiger partial charge in [0.25, 0.3) is 0 Å². The van der Waals surface area contributed by atoms with E-state index in [0.29, 0.717) is 19.8 Å². The molecule has 0 N–H and O–H groups in total. The van der Waals surface area contributed by atoms with Crippen molar-refractivity contribution in [3.63, 3.8) is 0 Å². The number of fused-ring (bicyclic) bond motifs is 6. The maximum absolute atomic E-state index is 6.24. The van der Waals surface area contributed by atoms with Gasteiger partial charge in [-0.15, -0.1) is 0 Å². The van der Waals surface area contributed by atoms with Crippen LogP contribution in [0.3, 0.4) is 0 Å². The van der Waals surface area contributed by atoms with Crippen molar-refractivity contribution in [1.29, 1.82) is 0 Å². The van der Waals surface area contributed by atoms with E-state index in [4.69, 9.17) is 14.7 Å². The average Bonchev–Trinajstić information content (AvgIpc) is 2.83. The van der Waals surface area contributed by atoms with Crippen LogP contribution in [-0.4, -0.2) is 68.0 Å². The summed E-state index contributed by atoms with van der Waals surface area (Å²) in [4.78, 5) is 2.31. The van der Waals surface area contributed by atoms with Crippen LogP contribution >= 0.6 is 11.3 Å². The maximum atomic E-state index is 6.24. The zero-order chi connectivity index (χ0) is 13.1. The molecule has 19 heavy (non-hydrogen) atoms. The van der Waals surface area contributed by atoms with Gasteiger partial charge >= 0.3 is 123 Å². The van der Waals surface area contributed by atoms with Crippen LogP contribution in [-0.2, 0) is 14.7 Å². The third-order valence-corrected chi connectivity index (χ3v) is 13.5. The summed E-state index contributed by atoms with van der Waals surface area (Å²) in [7, 11) is -1.10. The first-order chi connectivity index (χ1) is 9.27. The van der Waals surface area contributed by atoms with Gasteiger partial charge in [-0.1, -0.05) is 0 Å². The minimum atomic E-state index is -3.49. The second kappa shape index (κ2) is 6.35. The molecule has 0 saturated carbocycles. The van der Waals surface area contributed by atoms with Crippen LogP contribution in [0.2, 0.25) is 6.55 Å². The number of hydrogen-bond acceptors (Lipinski definition) is 6. The first kappa shape index (κ1) is 14.2. The van der Waals surface area contributed by atoms with Gasteiger partial charge in [0.2, 0.25) is 0 Å². The Hall–Kier alpha value is 0.260. The van der Waals surface area contributed by atoms with Gasteiger partial charge in [0.05, 0.1) is 0 Å². The molecule has 0 unspecified atom stereocenters. The molecule has 0 atom stereocenters. The van der Waals surface area contributed by atoms with E-state index in [1.807, 2.05) is 0 Å². The van der Waals surface area contributed by atoms with Crippen molar-refractivity contribution in [2.45, 2.75) is 6.55 Å². The number of rotatable bonds is 3. The Balaban J connectivity index is 1.72. The van der Waals surface area contributed by atoms with E-state index < -0.39 is 23.7 Å².